The second-order valence-electron chi connectivity index (χ2n) is 7.21. The summed E-state index contributed by atoms with van der Waals surface area (Å²) in [6, 6.07) is 13.8. The van der Waals surface area contributed by atoms with Crippen molar-refractivity contribution in [2.24, 2.45) is 0 Å². The van der Waals surface area contributed by atoms with E-state index in [0.717, 1.165) is 16.0 Å². The van der Waals surface area contributed by atoms with Crippen LogP contribution in [0.1, 0.15) is 22.5 Å². The van der Waals surface area contributed by atoms with Gasteiger partial charge >= 0.3 is 0 Å². The van der Waals surface area contributed by atoms with Crippen LogP contribution in [0, 0.1) is 27.7 Å². The third kappa shape index (κ3) is 6.28. The zero-order valence-corrected chi connectivity index (χ0v) is 19.4. The molecule has 31 heavy (non-hydrogen) atoms. The Morgan fingerprint density at radius 3 is 2.23 bits per heavy atom. The van der Waals surface area contributed by atoms with Gasteiger partial charge in [-0.3, -0.25) is 4.79 Å². The maximum atomic E-state index is 12.6. The Labute approximate surface area is 186 Å². The third-order valence-corrected chi connectivity index (χ3v) is 6.86. The van der Waals surface area contributed by atoms with Gasteiger partial charge in [-0.15, -0.1) is 11.8 Å². The minimum atomic E-state index is -3.84. The van der Waals surface area contributed by atoms with E-state index >= 15 is 0 Å². The minimum absolute atomic E-state index is 0.0262. The predicted octanol–water partition coefficient (Wildman–Crippen LogP) is 4.24. The topological polar surface area (TPSA) is 101 Å². The monoisotopic (exact) mass is 456 g/mol. The van der Waals surface area contributed by atoms with Crippen LogP contribution in [0.15, 0.2) is 58.3 Å². The maximum absolute atomic E-state index is 12.6. The number of hydrogen-bond donors (Lipinski definition) is 2. The molecule has 0 unspecified atom stereocenters. The van der Waals surface area contributed by atoms with Gasteiger partial charge in [-0.05, 0) is 69.7 Å². The van der Waals surface area contributed by atoms with Crippen molar-refractivity contribution < 1.29 is 13.2 Å². The molecule has 2 aromatic carbocycles. The average Bonchev–Trinajstić information content (AvgIpc) is 2.68. The second-order valence-corrected chi connectivity index (χ2v) is 9.91. The number of aromatic nitrogens is 2. The molecule has 162 valence electrons. The van der Waals surface area contributed by atoms with Crippen LogP contribution in [0.3, 0.4) is 0 Å². The molecule has 9 heteroatoms. The van der Waals surface area contributed by atoms with Gasteiger partial charge in [-0.1, -0.05) is 17.7 Å². The van der Waals surface area contributed by atoms with Crippen LogP contribution in [0.25, 0.3) is 0 Å². The van der Waals surface area contributed by atoms with E-state index in [0.29, 0.717) is 17.1 Å². The fourth-order valence-electron chi connectivity index (χ4n) is 2.87. The lowest BCUT2D eigenvalue weighted by atomic mass is 10.2. The Balaban J connectivity index is 1.62. The average molecular weight is 457 g/mol. The highest BCUT2D eigenvalue weighted by Gasteiger charge is 2.16. The number of nitrogens with one attached hydrogen (secondary N) is 2. The molecule has 0 radical (unpaired) electrons. The van der Waals surface area contributed by atoms with Crippen LogP contribution >= 0.6 is 11.8 Å². The third-order valence-electron chi connectivity index (χ3n) is 4.36. The zero-order chi connectivity index (χ0) is 22.6. The number of aryl methyl sites for hydroxylation is 4. The van der Waals surface area contributed by atoms with Crippen LogP contribution in [-0.4, -0.2) is 30.0 Å². The van der Waals surface area contributed by atoms with E-state index in [4.69, 9.17) is 0 Å². The number of rotatable bonds is 7. The van der Waals surface area contributed by atoms with Crippen molar-refractivity contribution in [2.45, 2.75) is 37.5 Å². The van der Waals surface area contributed by atoms with Crippen molar-refractivity contribution in [1.82, 2.24) is 9.97 Å². The van der Waals surface area contributed by atoms with Gasteiger partial charge in [0.1, 0.15) is 0 Å². The molecule has 0 atom stereocenters. The first kappa shape index (κ1) is 22.8. The molecule has 1 heterocycles. The van der Waals surface area contributed by atoms with E-state index in [9.17, 15) is 13.2 Å². The first-order valence-corrected chi connectivity index (χ1v) is 12.0. The molecule has 0 saturated heterocycles. The molecule has 2 N–H and O–H groups in total. The summed E-state index contributed by atoms with van der Waals surface area (Å²) in [5.74, 6) is 0.122. The summed E-state index contributed by atoms with van der Waals surface area (Å²) in [5.41, 5.74) is 4.13. The molecule has 0 aliphatic rings. The van der Waals surface area contributed by atoms with Crippen LogP contribution in [-0.2, 0) is 14.8 Å². The highest BCUT2D eigenvalue weighted by atomic mass is 32.2. The molecule has 1 aromatic heterocycles. The molecule has 0 aliphatic carbocycles. The zero-order valence-electron chi connectivity index (χ0n) is 17.8. The Hall–Kier alpha value is -2.91. The summed E-state index contributed by atoms with van der Waals surface area (Å²) in [6.07, 6.45) is 0. The van der Waals surface area contributed by atoms with Gasteiger partial charge in [-0.2, -0.15) is 0 Å². The van der Waals surface area contributed by atoms with Gasteiger partial charge in [0, 0.05) is 22.0 Å². The fraction of sp³-hybridized carbons (Fsp3) is 0.227. The molecule has 0 bridgehead atoms. The normalized spacial score (nSPS) is 11.2. The van der Waals surface area contributed by atoms with Gasteiger partial charge in [-0.25, -0.2) is 23.1 Å². The van der Waals surface area contributed by atoms with Crippen LogP contribution in [0.2, 0.25) is 0 Å². The van der Waals surface area contributed by atoms with Gasteiger partial charge < -0.3 is 5.32 Å². The maximum Gasteiger partial charge on any atom is 0.264 e. The van der Waals surface area contributed by atoms with Crippen molar-refractivity contribution in [1.29, 1.82) is 0 Å². The van der Waals surface area contributed by atoms with Gasteiger partial charge in [0.25, 0.3) is 10.0 Å². The van der Waals surface area contributed by atoms with E-state index < -0.39 is 10.0 Å². The van der Waals surface area contributed by atoms with Gasteiger partial charge in [0.15, 0.2) is 0 Å². The SMILES string of the molecule is Cc1ccc(C)c(SCC(=O)Nc2ccc(S(=O)(=O)Nc3nc(C)cc(C)n3)cc2)c1. The quantitative estimate of drug-likeness (QED) is 0.516. The Bertz CT molecular complexity index is 1190. The van der Waals surface area contributed by atoms with Crippen molar-refractivity contribution in [3.8, 4) is 0 Å². The van der Waals surface area contributed by atoms with E-state index in [-0.39, 0.29) is 22.5 Å². The molecular formula is C22H24N4O3S2. The number of thioether (sulfide) groups is 1. The Morgan fingerprint density at radius 1 is 0.935 bits per heavy atom. The van der Waals surface area contributed by atoms with E-state index in [1.807, 2.05) is 26.0 Å². The van der Waals surface area contributed by atoms with Gasteiger partial charge in [0.2, 0.25) is 11.9 Å². The lowest BCUT2D eigenvalue weighted by molar-refractivity contribution is -0.113. The molecule has 3 rings (SSSR count). The molecule has 0 saturated carbocycles. The molecule has 0 aliphatic heterocycles. The smallest absolute Gasteiger partial charge is 0.264 e. The summed E-state index contributed by atoms with van der Waals surface area (Å²) in [4.78, 5) is 21.6. The molecule has 7 nitrogen and oxygen atoms in total. The highest BCUT2D eigenvalue weighted by Crippen LogP contribution is 2.24. The van der Waals surface area contributed by atoms with Crippen molar-refractivity contribution in [3.05, 3.63) is 71.0 Å². The van der Waals surface area contributed by atoms with Crippen LogP contribution in [0.5, 0.6) is 0 Å². The lowest BCUT2D eigenvalue weighted by Crippen LogP contribution is -2.16. The Morgan fingerprint density at radius 2 is 1.58 bits per heavy atom. The fourth-order valence-corrected chi connectivity index (χ4v) is 4.74. The lowest BCUT2D eigenvalue weighted by Gasteiger charge is -2.10. The van der Waals surface area contributed by atoms with Gasteiger partial charge in [0.05, 0.1) is 10.6 Å². The van der Waals surface area contributed by atoms with Crippen molar-refractivity contribution in [2.75, 3.05) is 15.8 Å². The number of sulfonamides is 1. The summed E-state index contributed by atoms with van der Waals surface area (Å²) in [5, 5.41) is 2.79. The summed E-state index contributed by atoms with van der Waals surface area (Å²) >= 11 is 1.47. The van der Waals surface area contributed by atoms with E-state index in [1.54, 1.807) is 32.0 Å². The number of carbonyl (C=O) groups excluding carboxylic acids is 1. The Kier molecular flexibility index (Phi) is 6.97. The number of hydrogen-bond acceptors (Lipinski definition) is 6. The second kappa shape index (κ2) is 9.49. The molecule has 0 spiro atoms. The number of benzene rings is 2. The first-order valence-electron chi connectivity index (χ1n) is 9.57. The molecule has 3 aromatic rings. The van der Waals surface area contributed by atoms with Crippen molar-refractivity contribution in [3.63, 3.8) is 0 Å². The highest BCUT2D eigenvalue weighted by molar-refractivity contribution is 8.00. The number of anilines is 2. The summed E-state index contributed by atoms with van der Waals surface area (Å²) in [7, 11) is -3.84. The number of nitrogens with zero attached hydrogens (tertiary/aromatic N) is 2. The van der Waals surface area contributed by atoms with Crippen LogP contribution in [0.4, 0.5) is 11.6 Å². The molecule has 1 amide bonds. The summed E-state index contributed by atoms with van der Waals surface area (Å²) < 4.78 is 27.6. The van der Waals surface area contributed by atoms with Crippen LogP contribution < -0.4 is 10.0 Å². The van der Waals surface area contributed by atoms with E-state index in [1.165, 1.54) is 23.9 Å². The largest absolute Gasteiger partial charge is 0.325 e. The first-order chi connectivity index (χ1) is 14.6. The van der Waals surface area contributed by atoms with Crippen molar-refractivity contribution >= 4 is 39.3 Å². The van der Waals surface area contributed by atoms with E-state index in [2.05, 4.69) is 26.1 Å². The number of amides is 1. The minimum Gasteiger partial charge on any atom is -0.325 e. The standard InChI is InChI=1S/C22H24N4O3S2/c1-14-5-6-15(2)20(11-14)30-13-21(27)25-18-7-9-19(10-8-18)31(28,29)26-22-23-16(3)12-17(4)24-22/h5-12H,13H2,1-4H3,(H,25,27)(H,23,24,26). The number of carbonyl (C=O) groups is 1. The summed E-state index contributed by atoms with van der Waals surface area (Å²) in [6.45, 7) is 7.56. The predicted molar refractivity (Wildman–Crippen MR) is 124 cm³/mol. The molecule has 0 fully saturated rings. The molecular weight excluding hydrogens is 432 g/mol.